The van der Waals surface area contributed by atoms with Crippen molar-refractivity contribution in [3.8, 4) is 5.75 Å². The lowest BCUT2D eigenvalue weighted by Crippen LogP contribution is -2.38. The topological polar surface area (TPSA) is 120 Å². The molecule has 0 saturated carbocycles. The van der Waals surface area contributed by atoms with Crippen molar-refractivity contribution < 1.29 is 39.5 Å². The van der Waals surface area contributed by atoms with Crippen LogP contribution >= 0.6 is 0 Å². The molecule has 0 unspecified atom stereocenters. The first-order valence-electron chi connectivity index (χ1n) is 10.5. The van der Waals surface area contributed by atoms with Crippen LogP contribution in [0.15, 0.2) is 80.5 Å². The van der Waals surface area contributed by atoms with E-state index in [9.17, 15) is 34.8 Å². The van der Waals surface area contributed by atoms with Crippen LogP contribution < -0.4 is 10.1 Å². The molecule has 2 heterocycles. The van der Waals surface area contributed by atoms with Gasteiger partial charge in [-0.1, -0.05) is 18.2 Å². The maximum Gasteiger partial charge on any atom is 0.471 e. The number of aromatic nitrogens is 1. The fraction of sp³-hybridized carbons (Fsp3) is 0.217. The highest BCUT2D eigenvalue weighted by Gasteiger charge is 2.39. The lowest BCUT2D eigenvalue weighted by atomic mass is 10.1. The molecule has 190 valence electrons. The zero-order valence-corrected chi connectivity index (χ0v) is 20.2. The summed E-state index contributed by atoms with van der Waals surface area (Å²) in [7, 11) is -8.76. The van der Waals surface area contributed by atoms with Crippen molar-refractivity contribution in [2.24, 2.45) is 0 Å². The minimum absolute atomic E-state index is 0.176. The molecular weight excluding hydrogens is 521 g/mol. The predicted octanol–water partition coefficient (Wildman–Crippen LogP) is 3.42. The van der Waals surface area contributed by atoms with E-state index < -0.39 is 47.6 Å². The standard InChI is InChI=1S/C23H19F3N2O6S2/c1-14(28-22(29)23(24,25)26)15-5-7-16(8-6-15)35(30,31)19-10-9-18-17(11-13-34-18)21(19)36(32,33)20-4-2-3-12-27-20/h2-10,12,14H,11,13H2,1H3,(H,28,29)/t14-/m0/s1. The molecule has 1 N–H and O–H groups in total. The van der Waals surface area contributed by atoms with Crippen molar-refractivity contribution in [3.05, 3.63) is 71.9 Å². The summed E-state index contributed by atoms with van der Waals surface area (Å²) in [5.74, 6) is -1.87. The second-order valence-corrected chi connectivity index (χ2v) is 11.7. The van der Waals surface area contributed by atoms with Crippen LogP contribution in [-0.4, -0.2) is 40.5 Å². The second-order valence-electron chi connectivity index (χ2n) is 7.90. The summed E-state index contributed by atoms with van der Waals surface area (Å²) >= 11 is 0. The molecule has 0 aliphatic carbocycles. The van der Waals surface area contributed by atoms with Crippen molar-refractivity contribution in [1.29, 1.82) is 0 Å². The van der Waals surface area contributed by atoms with E-state index in [2.05, 4.69) is 4.98 Å². The molecule has 1 aliphatic heterocycles. The molecule has 13 heteroatoms. The zero-order chi connectivity index (χ0) is 26.3. The second kappa shape index (κ2) is 9.21. The molecule has 1 amide bonds. The fourth-order valence-corrected chi connectivity index (χ4v) is 7.31. The monoisotopic (exact) mass is 540 g/mol. The van der Waals surface area contributed by atoms with E-state index >= 15 is 0 Å². The van der Waals surface area contributed by atoms with Crippen LogP contribution in [0.4, 0.5) is 13.2 Å². The Morgan fingerprint density at radius 1 is 1.00 bits per heavy atom. The lowest BCUT2D eigenvalue weighted by Gasteiger charge is -2.17. The maximum atomic E-state index is 13.6. The number of halogens is 3. The number of hydrogen-bond donors (Lipinski definition) is 1. The number of sulfone groups is 2. The molecule has 2 aromatic carbocycles. The summed E-state index contributed by atoms with van der Waals surface area (Å²) < 4.78 is 97.2. The minimum Gasteiger partial charge on any atom is -0.493 e. The number of alkyl halides is 3. The predicted molar refractivity (Wildman–Crippen MR) is 120 cm³/mol. The number of rotatable bonds is 6. The Balaban J connectivity index is 1.77. The van der Waals surface area contributed by atoms with Gasteiger partial charge in [-0.05, 0) is 48.9 Å². The summed E-state index contributed by atoms with van der Waals surface area (Å²) in [6, 6.07) is 10.5. The molecule has 3 aromatic rings. The number of hydrogen-bond acceptors (Lipinski definition) is 7. The van der Waals surface area contributed by atoms with Gasteiger partial charge in [0.1, 0.15) is 5.75 Å². The van der Waals surface area contributed by atoms with Crippen molar-refractivity contribution in [1.82, 2.24) is 10.3 Å². The Bertz CT molecular complexity index is 1520. The van der Waals surface area contributed by atoms with Gasteiger partial charge < -0.3 is 10.1 Å². The number of nitrogens with zero attached hydrogens (tertiary/aromatic N) is 1. The van der Waals surface area contributed by atoms with Gasteiger partial charge in [-0.2, -0.15) is 13.2 Å². The molecule has 0 bridgehead atoms. The number of carbonyl (C=O) groups is 1. The molecule has 0 fully saturated rings. The van der Waals surface area contributed by atoms with Crippen LogP contribution in [-0.2, 0) is 30.9 Å². The van der Waals surface area contributed by atoms with Crippen molar-refractivity contribution in [2.45, 2.75) is 45.3 Å². The Hall–Kier alpha value is -3.45. The Labute approximate surface area is 205 Å². The van der Waals surface area contributed by atoms with E-state index in [0.29, 0.717) is 0 Å². The number of pyridine rings is 1. The average molecular weight is 541 g/mol. The molecule has 0 saturated heterocycles. The first-order chi connectivity index (χ1) is 16.8. The van der Waals surface area contributed by atoms with Crippen LogP contribution in [0.5, 0.6) is 5.75 Å². The van der Waals surface area contributed by atoms with E-state index in [1.165, 1.54) is 49.5 Å². The van der Waals surface area contributed by atoms with Gasteiger partial charge >= 0.3 is 12.1 Å². The molecular formula is C23H19F3N2O6S2. The van der Waals surface area contributed by atoms with Crippen LogP contribution in [0.2, 0.25) is 0 Å². The lowest BCUT2D eigenvalue weighted by molar-refractivity contribution is -0.174. The molecule has 0 spiro atoms. The molecule has 36 heavy (non-hydrogen) atoms. The third-order valence-corrected chi connectivity index (χ3v) is 9.29. The third kappa shape index (κ3) is 4.67. The van der Waals surface area contributed by atoms with Crippen LogP contribution in [0.25, 0.3) is 0 Å². The first-order valence-corrected chi connectivity index (χ1v) is 13.5. The van der Waals surface area contributed by atoms with Gasteiger partial charge in [-0.15, -0.1) is 0 Å². The van der Waals surface area contributed by atoms with E-state index in [1.54, 1.807) is 5.32 Å². The normalized spacial score (nSPS) is 14.6. The zero-order valence-electron chi connectivity index (χ0n) is 18.6. The number of ether oxygens (including phenoxy) is 1. The molecule has 0 radical (unpaired) electrons. The van der Waals surface area contributed by atoms with Gasteiger partial charge in [0.05, 0.1) is 27.3 Å². The van der Waals surface area contributed by atoms with Crippen LogP contribution in [0.3, 0.4) is 0 Å². The maximum absolute atomic E-state index is 13.6. The highest BCUT2D eigenvalue weighted by molar-refractivity contribution is 7.94. The molecule has 1 aromatic heterocycles. The number of benzene rings is 2. The molecule has 4 rings (SSSR count). The van der Waals surface area contributed by atoms with E-state index in [1.807, 2.05) is 0 Å². The quantitative estimate of drug-likeness (QED) is 0.509. The number of fused-ring (bicyclic) bond motifs is 1. The number of nitrogens with one attached hydrogen (secondary N) is 1. The highest BCUT2D eigenvalue weighted by Crippen LogP contribution is 2.40. The van der Waals surface area contributed by atoms with Gasteiger partial charge in [-0.3, -0.25) is 4.79 Å². The number of amides is 1. The summed E-state index contributed by atoms with van der Waals surface area (Å²) in [6.07, 6.45) is -3.61. The minimum atomic E-state index is -5.07. The third-order valence-electron chi connectivity index (χ3n) is 5.56. The van der Waals surface area contributed by atoms with Gasteiger partial charge in [0, 0.05) is 18.2 Å². The van der Waals surface area contributed by atoms with E-state index in [4.69, 9.17) is 4.74 Å². The van der Waals surface area contributed by atoms with Crippen molar-refractivity contribution >= 4 is 25.6 Å². The highest BCUT2D eigenvalue weighted by atomic mass is 32.2. The van der Waals surface area contributed by atoms with Gasteiger partial charge in [0.15, 0.2) is 5.03 Å². The smallest absolute Gasteiger partial charge is 0.471 e. The summed E-state index contributed by atoms with van der Waals surface area (Å²) in [5, 5.41) is 1.46. The fourth-order valence-electron chi connectivity index (χ4n) is 3.76. The van der Waals surface area contributed by atoms with Gasteiger partial charge in [-0.25, -0.2) is 21.8 Å². The number of carbonyl (C=O) groups excluding carboxylic acids is 1. The first kappa shape index (κ1) is 25.6. The van der Waals surface area contributed by atoms with Crippen molar-refractivity contribution in [3.63, 3.8) is 0 Å². The van der Waals surface area contributed by atoms with Gasteiger partial charge in [0.2, 0.25) is 19.7 Å². The Kier molecular flexibility index (Phi) is 6.56. The summed E-state index contributed by atoms with van der Waals surface area (Å²) in [4.78, 5) is 13.9. The van der Waals surface area contributed by atoms with E-state index in [0.717, 1.165) is 18.2 Å². The largest absolute Gasteiger partial charge is 0.493 e. The molecule has 1 atom stereocenters. The van der Waals surface area contributed by atoms with Crippen molar-refractivity contribution in [2.75, 3.05) is 6.61 Å². The summed E-state index contributed by atoms with van der Waals surface area (Å²) in [5.41, 5.74) is 0.442. The molecule has 1 aliphatic rings. The average Bonchev–Trinajstić information content (AvgIpc) is 3.32. The molecule has 8 nitrogen and oxygen atoms in total. The Morgan fingerprint density at radius 2 is 1.69 bits per heavy atom. The van der Waals surface area contributed by atoms with Crippen LogP contribution in [0.1, 0.15) is 24.1 Å². The van der Waals surface area contributed by atoms with Crippen LogP contribution in [0, 0.1) is 0 Å². The Morgan fingerprint density at radius 3 is 2.31 bits per heavy atom. The van der Waals surface area contributed by atoms with Gasteiger partial charge in [0.25, 0.3) is 0 Å². The SMILES string of the molecule is C[C@H](NC(=O)C(F)(F)F)c1ccc(S(=O)(=O)c2ccc3c(c2S(=O)(=O)c2ccccn2)CCO3)cc1. The van der Waals surface area contributed by atoms with E-state index in [-0.39, 0.29) is 39.8 Å². The summed E-state index contributed by atoms with van der Waals surface area (Å²) in [6.45, 7) is 1.49.